The lowest BCUT2D eigenvalue weighted by molar-refractivity contribution is -0.0747. The van der Waals surface area contributed by atoms with E-state index in [2.05, 4.69) is 6.92 Å². The Balaban J connectivity index is 1.95. The van der Waals surface area contributed by atoms with Crippen LogP contribution in [0.15, 0.2) is 0 Å². The van der Waals surface area contributed by atoms with Crippen molar-refractivity contribution in [2.45, 2.75) is 70.6 Å². The first-order valence-corrected chi connectivity index (χ1v) is 6.46. The molecule has 2 aliphatic carbocycles. The van der Waals surface area contributed by atoms with Crippen molar-refractivity contribution in [1.82, 2.24) is 0 Å². The molecule has 0 bridgehead atoms. The zero-order valence-electron chi connectivity index (χ0n) is 9.70. The highest BCUT2D eigenvalue weighted by Gasteiger charge is 2.50. The minimum atomic E-state index is -2.36. The van der Waals surface area contributed by atoms with E-state index in [-0.39, 0.29) is 12.8 Å². The number of hydrogen-bond acceptors (Lipinski definition) is 0. The van der Waals surface area contributed by atoms with Crippen molar-refractivity contribution in [2.75, 3.05) is 0 Å². The van der Waals surface area contributed by atoms with Crippen LogP contribution >= 0.6 is 0 Å². The van der Waals surface area contributed by atoms with Crippen molar-refractivity contribution in [1.29, 1.82) is 0 Å². The highest BCUT2D eigenvalue weighted by molar-refractivity contribution is 4.98. The van der Waals surface area contributed by atoms with E-state index in [1.807, 2.05) is 0 Å². The summed E-state index contributed by atoms with van der Waals surface area (Å²) in [5, 5.41) is 0. The summed E-state index contributed by atoms with van der Waals surface area (Å²) in [6.45, 7) is 2.19. The van der Waals surface area contributed by atoms with Gasteiger partial charge in [0.15, 0.2) is 0 Å². The molecule has 0 atom stereocenters. The van der Waals surface area contributed by atoms with Crippen molar-refractivity contribution in [3.05, 3.63) is 0 Å². The van der Waals surface area contributed by atoms with Crippen LogP contribution in [0.25, 0.3) is 0 Å². The van der Waals surface area contributed by atoms with Crippen molar-refractivity contribution in [3.8, 4) is 0 Å². The molecule has 0 aromatic heterocycles. The molecule has 0 aromatic rings. The smallest absolute Gasteiger partial charge is 0.207 e. The lowest BCUT2D eigenvalue weighted by Crippen LogP contribution is -2.34. The average Bonchev–Trinajstić information content (AvgIpc) is 3.01. The van der Waals surface area contributed by atoms with Crippen LogP contribution in [0.3, 0.4) is 0 Å². The molecule has 2 aliphatic rings. The summed E-state index contributed by atoms with van der Waals surface area (Å²) in [5.41, 5.74) is 0.317. The Morgan fingerprint density at radius 3 is 2.13 bits per heavy atom. The highest BCUT2D eigenvalue weighted by atomic mass is 19.3. The molecular weight excluding hydrogens is 194 g/mol. The van der Waals surface area contributed by atoms with E-state index in [0.717, 1.165) is 18.8 Å². The van der Waals surface area contributed by atoms with Crippen molar-refractivity contribution in [2.24, 2.45) is 11.3 Å². The van der Waals surface area contributed by atoms with Crippen LogP contribution in [0.2, 0.25) is 0 Å². The van der Waals surface area contributed by atoms with E-state index >= 15 is 0 Å². The largest absolute Gasteiger partial charge is 0.248 e. The Kier molecular flexibility index (Phi) is 3.05. The molecular formula is C13H22F2. The molecule has 0 radical (unpaired) electrons. The summed E-state index contributed by atoms with van der Waals surface area (Å²) >= 11 is 0. The summed E-state index contributed by atoms with van der Waals surface area (Å²) in [7, 11) is 0. The molecule has 0 amide bonds. The predicted molar refractivity (Wildman–Crippen MR) is 58.1 cm³/mol. The fourth-order valence-electron chi connectivity index (χ4n) is 3.20. The van der Waals surface area contributed by atoms with Crippen LogP contribution in [-0.4, -0.2) is 5.92 Å². The first kappa shape index (κ1) is 11.3. The summed E-state index contributed by atoms with van der Waals surface area (Å²) in [6.07, 6.45) is 8.08. The van der Waals surface area contributed by atoms with Gasteiger partial charge in [0.2, 0.25) is 5.92 Å². The van der Waals surface area contributed by atoms with Gasteiger partial charge in [-0.2, -0.15) is 0 Å². The van der Waals surface area contributed by atoms with E-state index < -0.39 is 5.92 Å². The zero-order chi connectivity index (χ0) is 10.9. The van der Waals surface area contributed by atoms with Crippen LogP contribution < -0.4 is 0 Å². The van der Waals surface area contributed by atoms with Gasteiger partial charge in [-0.1, -0.05) is 19.8 Å². The molecule has 0 aliphatic heterocycles. The number of rotatable bonds is 4. The number of hydrogen-bond donors (Lipinski definition) is 0. The quantitative estimate of drug-likeness (QED) is 0.634. The second-order valence-electron chi connectivity index (χ2n) is 5.60. The maximum Gasteiger partial charge on any atom is 0.248 e. The maximum atomic E-state index is 13.2. The molecule has 0 unspecified atom stereocenters. The fraction of sp³-hybridized carbons (Fsp3) is 1.00. The van der Waals surface area contributed by atoms with Gasteiger partial charge >= 0.3 is 0 Å². The summed E-state index contributed by atoms with van der Waals surface area (Å²) in [5.74, 6) is -1.56. The minimum Gasteiger partial charge on any atom is -0.207 e. The number of halogens is 2. The SMILES string of the molecule is CCCCC1(C2CC2)CCC(F)(F)CC1. The van der Waals surface area contributed by atoms with Crippen LogP contribution in [0.1, 0.15) is 64.7 Å². The van der Waals surface area contributed by atoms with Crippen LogP contribution in [0, 0.1) is 11.3 Å². The van der Waals surface area contributed by atoms with Gasteiger partial charge in [-0.15, -0.1) is 0 Å². The third-order valence-electron chi connectivity index (χ3n) is 4.45. The predicted octanol–water partition coefficient (Wildman–Crippen LogP) is 4.78. The van der Waals surface area contributed by atoms with E-state index in [0.29, 0.717) is 5.41 Å². The molecule has 0 N–H and O–H groups in total. The molecule has 2 saturated carbocycles. The Morgan fingerprint density at radius 2 is 1.67 bits per heavy atom. The molecule has 2 heteroatoms. The van der Waals surface area contributed by atoms with Crippen molar-refractivity contribution in [3.63, 3.8) is 0 Å². The van der Waals surface area contributed by atoms with Crippen molar-refractivity contribution < 1.29 is 8.78 Å². The van der Waals surface area contributed by atoms with Crippen LogP contribution in [0.4, 0.5) is 8.78 Å². The topological polar surface area (TPSA) is 0 Å². The van der Waals surface area contributed by atoms with Gasteiger partial charge < -0.3 is 0 Å². The minimum absolute atomic E-state index is 0.146. The Morgan fingerprint density at radius 1 is 1.07 bits per heavy atom. The molecule has 0 spiro atoms. The maximum absolute atomic E-state index is 13.2. The van der Waals surface area contributed by atoms with Gasteiger partial charge in [-0.3, -0.25) is 0 Å². The Hall–Kier alpha value is -0.140. The molecule has 0 aromatic carbocycles. The normalized spacial score (nSPS) is 29.0. The first-order chi connectivity index (χ1) is 7.08. The average molecular weight is 216 g/mol. The van der Waals surface area contributed by atoms with Gasteiger partial charge in [-0.25, -0.2) is 8.78 Å². The standard InChI is InChI=1S/C13H22F2/c1-2-3-6-12(11-4-5-11)7-9-13(14,15)10-8-12/h11H,2-10H2,1H3. The van der Waals surface area contributed by atoms with Gasteiger partial charge in [-0.05, 0) is 43.4 Å². The lowest BCUT2D eigenvalue weighted by atomic mass is 9.66. The third kappa shape index (κ3) is 2.51. The summed E-state index contributed by atoms with van der Waals surface area (Å²) in [4.78, 5) is 0. The van der Waals surface area contributed by atoms with Gasteiger partial charge in [0.1, 0.15) is 0 Å². The molecule has 0 heterocycles. The van der Waals surface area contributed by atoms with Gasteiger partial charge in [0, 0.05) is 12.8 Å². The second-order valence-corrected chi connectivity index (χ2v) is 5.60. The molecule has 2 fully saturated rings. The lowest BCUT2D eigenvalue weighted by Gasteiger charge is -2.41. The first-order valence-electron chi connectivity index (χ1n) is 6.46. The summed E-state index contributed by atoms with van der Waals surface area (Å²) < 4.78 is 26.3. The highest BCUT2D eigenvalue weighted by Crippen LogP contribution is 2.58. The number of unbranched alkanes of at least 4 members (excludes halogenated alkanes) is 1. The molecule has 88 valence electrons. The van der Waals surface area contributed by atoms with E-state index in [4.69, 9.17) is 0 Å². The van der Waals surface area contributed by atoms with Crippen molar-refractivity contribution >= 4 is 0 Å². The molecule has 0 nitrogen and oxygen atoms in total. The number of alkyl halides is 2. The van der Waals surface area contributed by atoms with E-state index in [1.54, 1.807) is 0 Å². The fourth-order valence-corrected chi connectivity index (χ4v) is 3.20. The third-order valence-corrected chi connectivity index (χ3v) is 4.45. The Labute approximate surface area is 91.4 Å². The molecule has 2 rings (SSSR count). The van der Waals surface area contributed by atoms with Gasteiger partial charge in [0.25, 0.3) is 0 Å². The second kappa shape index (κ2) is 4.03. The molecule has 15 heavy (non-hydrogen) atoms. The van der Waals surface area contributed by atoms with E-state index in [9.17, 15) is 8.78 Å². The van der Waals surface area contributed by atoms with Crippen LogP contribution in [-0.2, 0) is 0 Å². The monoisotopic (exact) mass is 216 g/mol. The van der Waals surface area contributed by atoms with E-state index in [1.165, 1.54) is 32.1 Å². The Bertz CT molecular complexity index is 209. The van der Waals surface area contributed by atoms with Crippen LogP contribution in [0.5, 0.6) is 0 Å². The van der Waals surface area contributed by atoms with Gasteiger partial charge in [0.05, 0.1) is 0 Å². The zero-order valence-corrected chi connectivity index (χ0v) is 9.70. The molecule has 0 saturated heterocycles. The summed E-state index contributed by atoms with van der Waals surface area (Å²) in [6, 6.07) is 0.